The van der Waals surface area contributed by atoms with Gasteiger partial charge in [-0.1, -0.05) is 0 Å². The van der Waals surface area contributed by atoms with Gasteiger partial charge in [0.05, 0.1) is 0 Å². The molecule has 2 N–H and O–H groups in total. The highest BCUT2D eigenvalue weighted by atomic mass is 32.1. The predicted octanol–water partition coefficient (Wildman–Crippen LogP) is -0.470. The summed E-state index contributed by atoms with van der Waals surface area (Å²) in [6, 6.07) is 0. The topological polar surface area (TPSA) is 83.0 Å². The van der Waals surface area contributed by atoms with Crippen molar-refractivity contribution in [2.75, 3.05) is 0 Å². The van der Waals surface area contributed by atoms with Gasteiger partial charge in [-0.05, 0) is 11.3 Å². The molecule has 0 atom stereocenters. The van der Waals surface area contributed by atoms with Crippen LogP contribution in [0.25, 0.3) is 0 Å². The molecule has 0 radical (unpaired) electrons. The molecule has 1 aromatic heterocycles. The summed E-state index contributed by atoms with van der Waals surface area (Å²) in [5.74, 6) is -1.18. The number of rotatable bonds is 1. The SMILES string of the molecule is O=C(O)c1n[nH]c(=O)s1. The minimum Gasteiger partial charge on any atom is -0.476 e. The van der Waals surface area contributed by atoms with Crippen molar-refractivity contribution in [1.82, 2.24) is 10.2 Å². The highest BCUT2D eigenvalue weighted by Gasteiger charge is 2.06. The molecular weight excluding hydrogens is 144 g/mol. The molecule has 1 heterocycles. The Labute approximate surface area is 53.0 Å². The Morgan fingerprint density at radius 3 is 2.67 bits per heavy atom. The maximum absolute atomic E-state index is 10.2. The Morgan fingerprint density at radius 1 is 1.78 bits per heavy atom. The molecular formula is C3H2N2O3S. The highest BCUT2D eigenvalue weighted by Crippen LogP contribution is 1.93. The van der Waals surface area contributed by atoms with Crippen molar-refractivity contribution in [2.45, 2.75) is 0 Å². The van der Waals surface area contributed by atoms with Crippen LogP contribution in [0.2, 0.25) is 0 Å². The zero-order chi connectivity index (χ0) is 6.85. The summed E-state index contributed by atoms with van der Waals surface area (Å²) in [5, 5.41) is 13.2. The van der Waals surface area contributed by atoms with Crippen LogP contribution in [-0.2, 0) is 0 Å². The first-order valence-corrected chi connectivity index (χ1v) is 2.80. The predicted molar refractivity (Wildman–Crippen MR) is 29.7 cm³/mol. The molecule has 1 rings (SSSR count). The number of hydrogen-bond acceptors (Lipinski definition) is 4. The number of carbonyl (C=O) groups is 1. The second-order valence-electron chi connectivity index (χ2n) is 1.22. The molecule has 0 saturated carbocycles. The van der Waals surface area contributed by atoms with Crippen LogP contribution < -0.4 is 4.87 Å². The van der Waals surface area contributed by atoms with Gasteiger partial charge < -0.3 is 5.11 Å². The van der Waals surface area contributed by atoms with E-state index < -0.39 is 10.8 Å². The third kappa shape index (κ3) is 1.14. The van der Waals surface area contributed by atoms with Crippen molar-refractivity contribution in [1.29, 1.82) is 0 Å². The molecule has 0 amide bonds. The molecule has 0 fully saturated rings. The number of aromatic carboxylic acids is 1. The number of H-pyrrole nitrogens is 1. The van der Waals surface area contributed by atoms with E-state index in [-0.39, 0.29) is 5.01 Å². The maximum Gasteiger partial charge on any atom is 0.367 e. The fourth-order valence-electron chi connectivity index (χ4n) is 0.321. The molecule has 0 saturated heterocycles. The molecule has 0 unspecified atom stereocenters. The summed E-state index contributed by atoms with van der Waals surface area (Å²) in [6.07, 6.45) is 0. The van der Waals surface area contributed by atoms with Gasteiger partial charge in [0.2, 0.25) is 5.01 Å². The number of carboxylic acid groups (broad SMARTS) is 1. The summed E-state index contributed by atoms with van der Waals surface area (Å²) in [6.45, 7) is 0. The molecule has 0 spiro atoms. The van der Waals surface area contributed by atoms with Crippen molar-refractivity contribution in [2.24, 2.45) is 0 Å². The Kier molecular flexibility index (Phi) is 1.31. The van der Waals surface area contributed by atoms with Crippen LogP contribution in [0.5, 0.6) is 0 Å². The lowest BCUT2D eigenvalue weighted by atomic mass is 10.7. The monoisotopic (exact) mass is 146 g/mol. The van der Waals surface area contributed by atoms with Crippen LogP contribution in [-0.4, -0.2) is 21.3 Å². The number of nitrogens with zero attached hydrogens (tertiary/aromatic N) is 1. The Morgan fingerprint density at radius 2 is 2.44 bits per heavy atom. The van der Waals surface area contributed by atoms with E-state index in [4.69, 9.17) is 5.11 Å². The number of hydrogen-bond donors (Lipinski definition) is 2. The van der Waals surface area contributed by atoms with Gasteiger partial charge in [0.15, 0.2) is 0 Å². The van der Waals surface area contributed by atoms with E-state index in [1.165, 1.54) is 0 Å². The summed E-state index contributed by atoms with van der Waals surface area (Å²) >= 11 is 0.574. The first-order valence-electron chi connectivity index (χ1n) is 1.99. The Hall–Kier alpha value is -1.17. The molecule has 0 aliphatic rings. The van der Waals surface area contributed by atoms with E-state index in [9.17, 15) is 9.59 Å². The van der Waals surface area contributed by atoms with E-state index in [1.54, 1.807) is 0 Å². The van der Waals surface area contributed by atoms with Gasteiger partial charge in [-0.2, -0.15) is 5.10 Å². The third-order valence-corrected chi connectivity index (χ3v) is 1.36. The minimum absolute atomic E-state index is 0.208. The number of carboxylic acids is 1. The summed E-state index contributed by atoms with van der Waals surface area (Å²) < 4.78 is 0. The zero-order valence-electron chi connectivity index (χ0n) is 4.12. The quantitative estimate of drug-likeness (QED) is 0.561. The highest BCUT2D eigenvalue weighted by molar-refractivity contribution is 7.10. The molecule has 48 valence electrons. The van der Waals surface area contributed by atoms with Crippen molar-refractivity contribution >= 4 is 17.3 Å². The maximum atomic E-state index is 10.2. The van der Waals surface area contributed by atoms with Gasteiger partial charge >= 0.3 is 10.8 Å². The Bertz CT molecular complexity index is 275. The van der Waals surface area contributed by atoms with Crippen molar-refractivity contribution < 1.29 is 9.90 Å². The van der Waals surface area contributed by atoms with Crippen LogP contribution in [0.15, 0.2) is 4.79 Å². The van der Waals surface area contributed by atoms with E-state index in [2.05, 4.69) is 5.10 Å². The first kappa shape index (κ1) is 5.96. The van der Waals surface area contributed by atoms with E-state index in [0.29, 0.717) is 11.3 Å². The number of aromatic amines is 1. The summed E-state index contributed by atoms with van der Waals surface area (Å²) in [5.41, 5.74) is 0. The van der Waals surface area contributed by atoms with Crippen LogP contribution in [0.3, 0.4) is 0 Å². The van der Waals surface area contributed by atoms with Crippen molar-refractivity contribution in [3.05, 3.63) is 14.7 Å². The average molecular weight is 146 g/mol. The van der Waals surface area contributed by atoms with Gasteiger partial charge in [0.1, 0.15) is 0 Å². The van der Waals surface area contributed by atoms with E-state index >= 15 is 0 Å². The lowest BCUT2D eigenvalue weighted by molar-refractivity contribution is 0.0695. The molecule has 0 bridgehead atoms. The Balaban J connectivity index is 3.12. The van der Waals surface area contributed by atoms with E-state index in [0.717, 1.165) is 0 Å². The fourth-order valence-corrected chi connectivity index (χ4v) is 0.767. The zero-order valence-corrected chi connectivity index (χ0v) is 4.94. The number of nitrogens with one attached hydrogen (secondary N) is 1. The third-order valence-electron chi connectivity index (χ3n) is 0.621. The second-order valence-corrected chi connectivity index (χ2v) is 2.19. The molecule has 0 aliphatic carbocycles. The molecule has 9 heavy (non-hydrogen) atoms. The van der Waals surface area contributed by atoms with Gasteiger partial charge in [0, 0.05) is 0 Å². The molecule has 0 aromatic carbocycles. The molecule has 6 heteroatoms. The smallest absolute Gasteiger partial charge is 0.367 e. The fraction of sp³-hybridized carbons (Fsp3) is 0. The van der Waals surface area contributed by atoms with Crippen LogP contribution in [0, 0.1) is 0 Å². The number of aromatic nitrogens is 2. The van der Waals surface area contributed by atoms with Crippen LogP contribution >= 0.6 is 11.3 Å². The van der Waals surface area contributed by atoms with Gasteiger partial charge in [-0.25, -0.2) is 9.89 Å². The van der Waals surface area contributed by atoms with Crippen LogP contribution in [0.1, 0.15) is 9.80 Å². The normalized spacial score (nSPS) is 9.33. The molecule has 0 aliphatic heterocycles. The van der Waals surface area contributed by atoms with E-state index in [1.807, 2.05) is 5.10 Å². The van der Waals surface area contributed by atoms with Gasteiger partial charge in [-0.15, -0.1) is 0 Å². The van der Waals surface area contributed by atoms with Crippen molar-refractivity contribution in [3.8, 4) is 0 Å². The van der Waals surface area contributed by atoms with Gasteiger partial charge in [-0.3, -0.25) is 4.79 Å². The van der Waals surface area contributed by atoms with Crippen LogP contribution in [0.4, 0.5) is 0 Å². The lowest BCUT2D eigenvalue weighted by Gasteiger charge is -1.75. The summed E-state index contributed by atoms with van der Waals surface area (Å²) in [7, 11) is 0. The second kappa shape index (κ2) is 1.98. The molecule has 1 aromatic rings. The van der Waals surface area contributed by atoms with Crippen molar-refractivity contribution in [3.63, 3.8) is 0 Å². The largest absolute Gasteiger partial charge is 0.476 e. The first-order chi connectivity index (χ1) is 4.20. The standard InChI is InChI=1S/C3H2N2O3S/c6-2(7)1-4-5-3(8)9-1/h(H,5,8)(H,6,7). The lowest BCUT2D eigenvalue weighted by Crippen LogP contribution is -1.93. The van der Waals surface area contributed by atoms with Gasteiger partial charge in [0.25, 0.3) is 0 Å². The average Bonchev–Trinajstić information content (AvgIpc) is 2.14. The molecule has 5 nitrogen and oxygen atoms in total. The minimum atomic E-state index is -1.18. The summed E-state index contributed by atoms with van der Waals surface area (Å²) in [4.78, 5) is 19.8.